The Morgan fingerprint density at radius 1 is 1.25 bits per heavy atom. The van der Waals surface area contributed by atoms with Crippen molar-refractivity contribution in [2.24, 2.45) is 0 Å². The molecule has 4 nitrogen and oxygen atoms in total. The number of phenolic OH excluding ortho intramolecular Hbond substituents is 1. The van der Waals surface area contributed by atoms with Crippen LogP contribution in [0.15, 0.2) is 34.7 Å². The molecule has 0 spiro atoms. The minimum Gasteiger partial charge on any atom is -0.504 e. The van der Waals surface area contributed by atoms with E-state index in [1.165, 1.54) is 13.2 Å². The Kier molecular flexibility index (Phi) is 3.03. The minimum atomic E-state index is 0.0244. The van der Waals surface area contributed by atoms with E-state index in [-0.39, 0.29) is 5.75 Å². The van der Waals surface area contributed by atoms with Crippen LogP contribution in [0.2, 0.25) is 5.02 Å². The highest BCUT2D eigenvalue weighted by Crippen LogP contribution is 2.35. The van der Waals surface area contributed by atoms with Crippen molar-refractivity contribution in [2.75, 3.05) is 7.11 Å². The summed E-state index contributed by atoms with van der Waals surface area (Å²) in [5.74, 6) is 1.83. The van der Waals surface area contributed by atoms with Gasteiger partial charge in [0.2, 0.25) is 0 Å². The van der Waals surface area contributed by atoms with Crippen molar-refractivity contribution in [1.29, 1.82) is 0 Å². The summed E-state index contributed by atoms with van der Waals surface area (Å²) in [6, 6.07) is 8.62. The second-order valence-corrected chi connectivity index (χ2v) is 4.85. The first-order valence-corrected chi connectivity index (χ1v) is 6.40. The van der Waals surface area contributed by atoms with Crippen molar-refractivity contribution in [3.8, 4) is 23.0 Å². The molecule has 3 aromatic rings. The van der Waals surface area contributed by atoms with Gasteiger partial charge in [0.25, 0.3) is 0 Å². The number of fused-ring (bicyclic) bond motifs is 1. The standard InChI is InChI=1S/C15H12ClNO3/c1-8-3-4-14(20-8)12-6-10(16)9-5-15(19-2)13(18)7-11(9)17-12/h3-7,18H,1-2H3. The lowest BCUT2D eigenvalue weighted by Gasteiger charge is -2.08. The number of hydrogen-bond acceptors (Lipinski definition) is 4. The molecule has 0 aliphatic rings. The molecule has 0 atom stereocenters. The average molecular weight is 290 g/mol. The Balaban J connectivity index is 2.23. The van der Waals surface area contributed by atoms with E-state index in [2.05, 4.69) is 4.98 Å². The molecule has 102 valence electrons. The maximum absolute atomic E-state index is 9.83. The number of pyridine rings is 1. The largest absolute Gasteiger partial charge is 0.504 e. The van der Waals surface area contributed by atoms with Crippen molar-refractivity contribution in [3.63, 3.8) is 0 Å². The van der Waals surface area contributed by atoms with Crippen LogP contribution in [0.1, 0.15) is 5.76 Å². The van der Waals surface area contributed by atoms with Gasteiger partial charge in [-0.2, -0.15) is 0 Å². The van der Waals surface area contributed by atoms with Crippen molar-refractivity contribution in [1.82, 2.24) is 4.98 Å². The van der Waals surface area contributed by atoms with Gasteiger partial charge >= 0.3 is 0 Å². The summed E-state index contributed by atoms with van der Waals surface area (Å²) < 4.78 is 10.6. The number of rotatable bonds is 2. The Hall–Kier alpha value is -2.20. The molecule has 2 aromatic heterocycles. The van der Waals surface area contributed by atoms with Gasteiger partial charge in [-0.15, -0.1) is 0 Å². The zero-order chi connectivity index (χ0) is 14.3. The molecule has 0 fully saturated rings. The van der Waals surface area contributed by atoms with Gasteiger partial charge in [-0.3, -0.25) is 0 Å². The second-order valence-electron chi connectivity index (χ2n) is 4.44. The van der Waals surface area contributed by atoms with Crippen LogP contribution in [0.5, 0.6) is 11.5 Å². The lowest BCUT2D eigenvalue weighted by Crippen LogP contribution is -1.89. The van der Waals surface area contributed by atoms with Crippen LogP contribution in [-0.4, -0.2) is 17.2 Å². The molecule has 5 heteroatoms. The second kappa shape index (κ2) is 4.72. The number of nitrogens with zero attached hydrogens (tertiary/aromatic N) is 1. The highest BCUT2D eigenvalue weighted by atomic mass is 35.5. The number of methoxy groups -OCH3 is 1. The van der Waals surface area contributed by atoms with Crippen molar-refractivity contribution < 1.29 is 14.3 Å². The number of aromatic hydroxyl groups is 1. The van der Waals surface area contributed by atoms with Crippen LogP contribution in [0.3, 0.4) is 0 Å². The number of ether oxygens (including phenoxy) is 1. The summed E-state index contributed by atoms with van der Waals surface area (Å²) in [4.78, 5) is 4.46. The summed E-state index contributed by atoms with van der Waals surface area (Å²) in [7, 11) is 1.49. The van der Waals surface area contributed by atoms with E-state index in [1.54, 1.807) is 12.1 Å². The van der Waals surface area contributed by atoms with Crippen LogP contribution < -0.4 is 4.74 Å². The number of furan rings is 1. The lowest BCUT2D eigenvalue weighted by atomic mass is 10.1. The molecule has 0 amide bonds. The van der Waals surface area contributed by atoms with E-state index in [1.807, 2.05) is 19.1 Å². The van der Waals surface area contributed by atoms with Crippen molar-refractivity contribution in [3.05, 3.63) is 41.1 Å². The first kappa shape index (κ1) is 12.8. The molecule has 0 saturated carbocycles. The zero-order valence-electron chi connectivity index (χ0n) is 11.0. The molecule has 3 rings (SSSR count). The predicted octanol–water partition coefficient (Wildman–Crippen LogP) is 4.17. The molecular weight excluding hydrogens is 278 g/mol. The van der Waals surface area contributed by atoms with Gasteiger partial charge in [0.15, 0.2) is 17.3 Å². The number of aryl methyl sites for hydroxylation is 1. The van der Waals surface area contributed by atoms with Gasteiger partial charge in [0.05, 0.1) is 17.6 Å². The highest BCUT2D eigenvalue weighted by molar-refractivity contribution is 6.35. The quantitative estimate of drug-likeness (QED) is 0.769. The van der Waals surface area contributed by atoms with Gasteiger partial charge in [0.1, 0.15) is 11.5 Å². The van der Waals surface area contributed by atoms with Crippen LogP contribution in [0, 0.1) is 6.92 Å². The molecule has 2 heterocycles. The van der Waals surface area contributed by atoms with E-state index in [9.17, 15) is 5.11 Å². The molecule has 0 aliphatic heterocycles. The highest BCUT2D eigenvalue weighted by Gasteiger charge is 2.12. The summed E-state index contributed by atoms with van der Waals surface area (Å²) in [6.07, 6.45) is 0. The molecule has 1 N–H and O–H groups in total. The van der Waals surface area contributed by atoms with Gasteiger partial charge < -0.3 is 14.3 Å². The molecule has 1 aromatic carbocycles. The molecule has 0 radical (unpaired) electrons. The van der Waals surface area contributed by atoms with Crippen LogP contribution in [-0.2, 0) is 0 Å². The van der Waals surface area contributed by atoms with Crippen LogP contribution in [0.4, 0.5) is 0 Å². The summed E-state index contributed by atoms with van der Waals surface area (Å²) in [6.45, 7) is 1.86. The Bertz CT molecular complexity index is 795. The first-order chi connectivity index (χ1) is 9.58. The Labute approximate surface area is 120 Å². The number of benzene rings is 1. The smallest absolute Gasteiger partial charge is 0.161 e. The van der Waals surface area contributed by atoms with E-state index in [0.29, 0.717) is 33.1 Å². The van der Waals surface area contributed by atoms with Gasteiger partial charge in [0, 0.05) is 11.5 Å². The monoisotopic (exact) mass is 289 g/mol. The lowest BCUT2D eigenvalue weighted by molar-refractivity contribution is 0.374. The van der Waals surface area contributed by atoms with E-state index >= 15 is 0 Å². The fourth-order valence-electron chi connectivity index (χ4n) is 2.06. The third-order valence-electron chi connectivity index (χ3n) is 3.05. The van der Waals surface area contributed by atoms with Gasteiger partial charge in [-0.1, -0.05) is 11.6 Å². The molecule has 0 saturated heterocycles. The molecule has 20 heavy (non-hydrogen) atoms. The third-order valence-corrected chi connectivity index (χ3v) is 3.36. The number of hydrogen-bond donors (Lipinski definition) is 1. The van der Waals surface area contributed by atoms with Crippen LogP contribution >= 0.6 is 11.6 Å². The van der Waals surface area contributed by atoms with Crippen LogP contribution in [0.25, 0.3) is 22.4 Å². The fourth-order valence-corrected chi connectivity index (χ4v) is 2.32. The Morgan fingerprint density at radius 3 is 2.70 bits per heavy atom. The third kappa shape index (κ3) is 2.08. The minimum absolute atomic E-state index is 0.0244. The zero-order valence-corrected chi connectivity index (χ0v) is 11.7. The Morgan fingerprint density at radius 2 is 2.05 bits per heavy atom. The summed E-state index contributed by atoms with van der Waals surface area (Å²) >= 11 is 6.28. The fraction of sp³-hybridized carbons (Fsp3) is 0.133. The summed E-state index contributed by atoms with van der Waals surface area (Å²) in [5.41, 5.74) is 1.21. The molecule has 0 aliphatic carbocycles. The predicted molar refractivity (Wildman–Crippen MR) is 77.4 cm³/mol. The molecule has 0 bridgehead atoms. The maximum atomic E-state index is 9.83. The molecule has 0 unspecified atom stereocenters. The topological polar surface area (TPSA) is 55.5 Å². The summed E-state index contributed by atoms with van der Waals surface area (Å²) in [5, 5.41) is 11.1. The van der Waals surface area contributed by atoms with E-state index < -0.39 is 0 Å². The number of phenols is 1. The van der Waals surface area contributed by atoms with Crippen molar-refractivity contribution >= 4 is 22.5 Å². The SMILES string of the molecule is COc1cc2c(Cl)cc(-c3ccc(C)o3)nc2cc1O. The number of halogens is 1. The van der Waals surface area contributed by atoms with E-state index in [4.69, 9.17) is 20.8 Å². The normalized spacial score (nSPS) is 10.9. The average Bonchev–Trinajstić information content (AvgIpc) is 2.84. The van der Waals surface area contributed by atoms with Gasteiger partial charge in [-0.25, -0.2) is 4.98 Å². The van der Waals surface area contributed by atoms with Crippen molar-refractivity contribution in [2.45, 2.75) is 6.92 Å². The molecular formula is C15H12ClNO3. The maximum Gasteiger partial charge on any atom is 0.161 e. The van der Waals surface area contributed by atoms with Gasteiger partial charge in [-0.05, 0) is 31.2 Å². The number of aromatic nitrogens is 1. The van der Waals surface area contributed by atoms with E-state index in [0.717, 1.165) is 5.76 Å². The first-order valence-electron chi connectivity index (χ1n) is 6.02.